The van der Waals surface area contributed by atoms with Crippen molar-refractivity contribution < 1.29 is 19.4 Å². The van der Waals surface area contributed by atoms with Gasteiger partial charge in [0.05, 0.1) is 6.10 Å². The Kier molecular flexibility index (Phi) is 8.97. The molecule has 0 radical (unpaired) electrons. The summed E-state index contributed by atoms with van der Waals surface area (Å²) in [4.78, 5) is 31.9. The highest BCUT2D eigenvalue weighted by Gasteiger charge is 2.34. The molecule has 7 heteroatoms. The number of carbonyl (C=O) groups excluding carboxylic acids is 1. The number of anilines is 1. The fourth-order valence-electron chi connectivity index (χ4n) is 5.35. The summed E-state index contributed by atoms with van der Waals surface area (Å²) in [7, 11) is 0. The first-order valence-electron chi connectivity index (χ1n) is 13.4. The minimum absolute atomic E-state index is 0.0175. The van der Waals surface area contributed by atoms with Crippen molar-refractivity contribution in [1.82, 2.24) is 9.88 Å². The van der Waals surface area contributed by atoms with Gasteiger partial charge >= 0.3 is 5.97 Å². The molecule has 0 saturated carbocycles. The summed E-state index contributed by atoms with van der Waals surface area (Å²) < 4.78 is 5.89. The predicted molar refractivity (Wildman–Crippen MR) is 140 cm³/mol. The number of piperidine rings is 1. The number of hydrogen-bond acceptors (Lipinski definition) is 6. The number of aliphatic carboxylic acids is 1. The number of unbranched alkanes of at least 4 members (excludes halogenated alkanes) is 1. The van der Waals surface area contributed by atoms with E-state index in [2.05, 4.69) is 17.4 Å². The van der Waals surface area contributed by atoms with E-state index in [4.69, 9.17) is 9.72 Å². The number of aromatic nitrogens is 1. The van der Waals surface area contributed by atoms with Gasteiger partial charge in [-0.05, 0) is 89.6 Å². The molecule has 1 aromatic heterocycles. The molecule has 2 aromatic rings. The minimum Gasteiger partial charge on any atom is -0.491 e. The third kappa shape index (κ3) is 6.64. The molecule has 7 nitrogen and oxygen atoms in total. The van der Waals surface area contributed by atoms with Gasteiger partial charge in [-0.2, -0.15) is 0 Å². The summed E-state index contributed by atoms with van der Waals surface area (Å²) in [5, 5.41) is 13.4. The lowest BCUT2D eigenvalue weighted by Crippen LogP contribution is -2.41. The molecule has 0 unspecified atom stereocenters. The first-order valence-corrected chi connectivity index (χ1v) is 13.4. The van der Waals surface area contributed by atoms with Gasteiger partial charge in [0, 0.05) is 30.1 Å². The highest BCUT2D eigenvalue weighted by molar-refractivity contribution is 5.81. The Bertz CT molecular complexity index is 1050. The number of carboxylic acid groups (broad SMARTS) is 1. The fraction of sp³-hybridized carbons (Fsp3) is 0.552. The van der Waals surface area contributed by atoms with Crippen LogP contribution in [0.4, 0.5) is 5.82 Å². The third-order valence-corrected chi connectivity index (χ3v) is 7.22. The molecule has 0 spiro atoms. The molecule has 1 fully saturated rings. The quantitative estimate of drug-likeness (QED) is 0.423. The summed E-state index contributed by atoms with van der Waals surface area (Å²) >= 11 is 0. The maximum atomic E-state index is 12.9. The smallest absolute Gasteiger partial charge is 0.325 e. The van der Waals surface area contributed by atoms with Gasteiger partial charge in [-0.1, -0.05) is 24.3 Å². The molecule has 2 aliphatic heterocycles. The summed E-state index contributed by atoms with van der Waals surface area (Å²) in [5.74, 6) is 1.08. The average molecular weight is 494 g/mol. The number of para-hydroxylation sites is 1. The van der Waals surface area contributed by atoms with E-state index in [0.29, 0.717) is 49.4 Å². The molecule has 0 aliphatic carbocycles. The second-order valence-electron chi connectivity index (χ2n) is 10.3. The molecular weight excluding hydrogens is 454 g/mol. The molecule has 36 heavy (non-hydrogen) atoms. The Hall–Kier alpha value is -2.93. The van der Waals surface area contributed by atoms with Crippen molar-refractivity contribution in [3.63, 3.8) is 0 Å². The maximum Gasteiger partial charge on any atom is 0.325 e. The summed E-state index contributed by atoms with van der Waals surface area (Å²) in [6.07, 6.45) is 6.90. The van der Waals surface area contributed by atoms with E-state index in [1.807, 2.05) is 43.0 Å². The standard InChI is InChI=1S/C29H39N3O4/c1-20(2)36-26-12-6-4-10-24(26)27(29(34)35)32-18-15-21(16-19-32)25(33)11-5-3-9-23-14-13-22-8-7-17-30-28(22)31-23/h4,6,10,12-14,20-21,27H,3,5,7-9,11,15-19H2,1-2H3,(H,30,31)(H,34,35)/t27-/m1/s1. The number of fused-ring (bicyclic) bond motifs is 1. The summed E-state index contributed by atoms with van der Waals surface area (Å²) in [6.45, 7) is 6.04. The van der Waals surface area contributed by atoms with Crippen molar-refractivity contribution in [2.24, 2.45) is 5.92 Å². The molecule has 1 saturated heterocycles. The third-order valence-electron chi connectivity index (χ3n) is 7.22. The van der Waals surface area contributed by atoms with E-state index < -0.39 is 12.0 Å². The number of ether oxygens (including phenoxy) is 1. The van der Waals surface area contributed by atoms with Crippen LogP contribution < -0.4 is 10.1 Å². The Labute approximate surface area is 214 Å². The molecule has 4 rings (SSSR count). The summed E-state index contributed by atoms with van der Waals surface area (Å²) in [6, 6.07) is 10.9. The topological polar surface area (TPSA) is 91.8 Å². The van der Waals surface area contributed by atoms with Crippen LogP contribution in [0.5, 0.6) is 5.75 Å². The number of likely N-dealkylation sites (tertiary alicyclic amines) is 1. The zero-order chi connectivity index (χ0) is 25.5. The van der Waals surface area contributed by atoms with Gasteiger partial charge in [-0.25, -0.2) is 4.98 Å². The first kappa shape index (κ1) is 26.1. The van der Waals surface area contributed by atoms with Crippen LogP contribution in [0.15, 0.2) is 36.4 Å². The molecule has 194 valence electrons. The van der Waals surface area contributed by atoms with E-state index in [-0.39, 0.29) is 12.0 Å². The van der Waals surface area contributed by atoms with Gasteiger partial charge in [0.15, 0.2) is 0 Å². The highest BCUT2D eigenvalue weighted by atomic mass is 16.5. The summed E-state index contributed by atoms with van der Waals surface area (Å²) in [5.41, 5.74) is 3.06. The van der Waals surface area contributed by atoms with Crippen molar-refractivity contribution in [2.75, 3.05) is 25.0 Å². The zero-order valence-electron chi connectivity index (χ0n) is 21.5. The van der Waals surface area contributed by atoms with Crippen LogP contribution in [0.1, 0.15) is 75.2 Å². The lowest BCUT2D eigenvalue weighted by Gasteiger charge is -2.36. The fourth-order valence-corrected chi connectivity index (χ4v) is 5.35. The normalized spacial score (nSPS) is 17.3. The number of nitrogens with zero attached hydrogens (tertiary/aromatic N) is 2. The van der Waals surface area contributed by atoms with Gasteiger partial charge in [0.25, 0.3) is 0 Å². The van der Waals surface area contributed by atoms with Crippen molar-refractivity contribution in [3.8, 4) is 5.75 Å². The largest absolute Gasteiger partial charge is 0.491 e. The number of carboxylic acids is 1. The molecule has 2 aliphatic rings. The van der Waals surface area contributed by atoms with E-state index >= 15 is 0 Å². The number of ketones is 1. The van der Waals surface area contributed by atoms with E-state index in [1.165, 1.54) is 5.56 Å². The van der Waals surface area contributed by atoms with E-state index in [9.17, 15) is 14.7 Å². The average Bonchev–Trinajstić information content (AvgIpc) is 2.87. The van der Waals surface area contributed by atoms with E-state index in [0.717, 1.165) is 50.2 Å². The number of aryl methyl sites for hydroxylation is 2. The predicted octanol–water partition coefficient (Wildman–Crippen LogP) is 5.05. The van der Waals surface area contributed by atoms with Crippen LogP contribution in [-0.4, -0.2) is 52.5 Å². The monoisotopic (exact) mass is 493 g/mol. The van der Waals surface area contributed by atoms with Crippen molar-refractivity contribution in [2.45, 2.75) is 77.4 Å². The molecule has 3 heterocycles. The minimum atomic E-state index is -0.884. The maximum absolute atomic E-state index is 12.9. The second-order valence-corrected chi connectivity index (χ2v) is 10.3. The number of pyridine rings is 1. The van der Waals surface area contributed by atoms with Gasteiger partial charge in [0.2, 0.25) is 0 Å². The molecule has 0 bridgehead atoms. The van der Waals surface area contributed by atoms with Crippen LogP contribution in [0.25, 0.3) is 0 Å². The Morgan fingerprint density at radius 2 is 1.92 bits per heavy atom. The van der Waals surface area contributed by atoms with Crippen LogP contribution >= 0.6 is 0 Å². The molecule has 0 amide bonds. The second kappa shape index (κ2) is 12.3. The highest BCUT2D eigenvalue weighted by Crippen LogP contribution is 2.34. The van der Waals surface area contributed by atoms with Crippen molar-refractivity contribution >= 4 is 17.6 Å². The van der Waals surface area contributed by atoms with Gasteiger partial charge in [0.1, 0.15) is 23.4 Å². The lowest BCUT2D eigenvalue weighted by molar-refractivity contribution is -0.144. The molecule has 2 N–H and O–H groups in total. The Morgan fingerprint density at radius 1 is 1.14 bits per heavy atom. The molecule has 1 aromatic carbocycles. The zero-order valence-corrected chi connectivity index (χ0v) is 21.5. The molecular formula is C29H39N3O4. The Morgan fingerprint density at radius 3 is 2.67 bits per heavy atom. The van der Waals surface area contributed by atoms with Crippen LogP contribution in [0.3, 0.4) is 0 Å². The SMILES string of the molecule is CC(C)Oc1ccccc1[C@H](C(=O)O)N1CCC(C(=O)CCCCc2ccc3c(n2)NCCC3)CC1. The lowest BCUT2D eigenvalue weighted by atomic mass is 9.88. The number of hydrogen-bond donors (Lipinski definition) is 2. The molecule has 1 atom stereocenters. The van der Waals surface area contributed by atoms with Gasteiger partial charge in [-0.15, -0.1) is 0 Å². The Balaban J connectivity index is 1.25. The van der Waals surface area contributed by atoms with Gasteiger partial charge < -0.3 is 15.2 Å². The number of rotatable bonds is 11. The van der Waals surface area contributed by atoms with Crippen LogP contribution in [-0.2, 0) is 22.4 Å². The number of Topliss-reactive ketones (excluding diaryl/α,β-unsaturated/α-hetero) is 1. The van der Waals surface area contributed by atoms with Gasteiger partial charge in [-0.3, -0.25) is 14.5 Å². The number of nitrogens with one attached hydrogen (secondary N) is 1. The number of benzene rings is 1. The first-order chi connectivity index (χ1) is 17.4. The number of carbonyl (C=O) groups is 2. The van der Waals surface area contributed by atoms with Crippen molar-refractivity contribution in [3.05, 3.63) is 53.2 Å². The van der Waals surface area contributed by atoms with E-state index in [1.54, 1.807) is 0 Å². The van der Waals surface area contributed by atoms with Crippen LogP contribution in [0.2, 0.25) is 0 Å². The van der Waals surface area contributed by atoms with Crippen LogP contribution in [0, 0.1) is 5.92 Å². The van der Waals surface area contributed by atoms with Crippen molar-refractivity contribution in [1.29, 1.82) is 0 Å².